The van der Waals surface area contributed by atoms with E-state index < -0.39 is 10.0 Å². The van der Waals surface area contributed by atoms with Crippen LogP contribution in [0.4, 0.5) is 0 Å². The molecule has 3 rings (SSSR count). The van der Waals surface area contributed by atoms with Gasteiger partial charge in [-0.3, -0.25) is 0 Å². The van der Waals surface area contributed by atoms with Crippen LogP contribution in [0.15, 0.2) is 16.3 Å². The Bertz CT molecular complexity index is 546. The molecule has 7 heteroatoms. The third-order valence-corrected chi connectivity index (χ3v) is 7.97. The Morgan fingerprint density at radius 1 is 1.25 bits per heavy atom. The number of thiophene rings is 1. The van der Waals surface area contributed by atoms with Gasteiger partial charge >= 0.3 is 0 Å². The first-order valence-electron chi connectivity index (χ1n) is 7.07. The van der Waals surface area contributed by atoms with Crippen molar-refractivity contribution in [3.05, 3.63) is 17.0 Å². The van der Waals surface area contributed by atoms with Crippen molar-refractivity contribution in [3.8, 4) is 0 Å². The maximum atomic E-state index is 12.2. The van der Waals surface area contributed by atoms with Gasteiger partial charge in [0.05, 0.1) is 0 Å². The average molecular weight is 333 g/mol. The molecule has 2 aliphatic rings. The molecule has 1 aliphatic carbocycles. The van der Waals surface area contributed by atoms with Gasteiger partial charge in [0.1, 0.15) is 4.21 Å². The Morgan fingerprint density at radius 2 is 2.10 bits per heavy atom. The minimum Gasteiger partial charge on any atom is -0.309 e. The highest BCUT2D eigenvalue weighted by Crippen LogP contribution is 2.27. The van der Waals surface area contributed by atoms with E-state index in [1.54, 1.807) is 6.07 Å². The maximum Gasteiger partial charge on any atom is 0.250 e. The van der Waals surface area contributed by atoms with Crippen molar-refractivity contribution in [2.24, 2.45) is 0 Å². The molecule has 1 atom stereocenters. The minimum absolute atomic E-state index is 0.438. The Labute approximate surface area is 128 Å². The lowest BCUT2D eigenvalue weighted by atomic mass is 10.2. The third kappa shape index (κ3) is 3.98. The Morgan fingerprint density at radius 3 is 2.80 bits per heavy atom. The van der Waals surface area contributed by atoms with Crippen LogP contribution in [0.2, 0.25) is 0 Å². The largest absolute Gasteiger partial charge is 0.309 e. The zero-order valence-electron chi connectivity index (χ0n) is 11.3. The Hall–Kier alpha value is -0.0800. The van der Waals surface area contributed by atoms with Gasteiger partial charge in [0.25, 0.3) is 0 Å². The van der Waals surface area contributed by atoms with Gasteiger partial charge < -0.3 is 5.32 Å². The summed E-state index contributed by atoms with van der Waals surface area (Å²) in [5.74, 6) is 1.16. The second kappa shape index (κ2) is 6.36. The lowest BCUT2D eigenvalue weighted by Gasteiger charge is -2.09. The molecule has 4 nitrogen and oxygen atoms in total. The van der Waals surface area contributed by atoms with Crippen LogP contribution in [0.1, 0.15) is 30.6 Å². The molecule has 0 amide bonds. The first-order chi connectivity index (χ1) is 9.63. The van der Waals surface area contributed by atoms with E-state index >= 15 is 0 Å². The van der Waals surface area contributed by atoms with E-state index in [4.69, 9.17) is 0 Å². The van der Waals surface area contributed by atoms with E-state index in [1.807, 2.05) is 17.8 Å². The molecule has 2 fully saturated rings. The molecule has 1 aromatic heterocycles. The van der Waals surface area contributed by atoms with Gasteiger partial charge in [-0.1, -0.05) is 0 Å². The van der Waals surface area contributed by atoms with Crippen LogP contribution in [0.5, 0.6) is 0 Å². The highest BCUT2D eigenvalue weighted by molar-refractivity contribution is 8.00. The van der Waals surface area contributed by atoms with Crippen LogP contribution in [-0.2, 0) is 16.6 Å². The lowest BCUT2D eigenvalue weighted by molar-refractivity contribution is 0.581. The highest BCUT2D eigenvalue weighted by Gasteiger charge is 2.23. The fourth-order valence-corrected chi connectivity index (χ4v) is 5.95. The normalized spacial score (nSPS) is 23.3. The van der Waals surface area contributed by atoms with E-state index in [9.17, 15) is 8.42 Å². The van der Waals surface area contributed by atoms with Gasteiger partial charge in [0, 0.05) is 29.3 Å². The Kier molecular flexibility index (Phi) is 4.72. The summed E-state index contributed by atoms with van der Waals surface area (Å²) < 4.78 is 27.6. The van der Waals surface area contributed by atoms with E-state index in [1.165, 1.54) is 30.6 Å². The predicted molar refractivity (Wildman–Crippen MR) is 84.8 cm³/mol. The highest BCUT2D eigenvalue weighted by atomic mass is 32.2. The predicted octanol–water partition coefficient (Wildman–Crippen LogP) is 2.17. The van der Waals surface area contributed by atoms with Gasteiger partial charge in [-0.2, -0.15) is 11.8 Å². The van der Waals surface area contributed by atoms with Gasteiger partial charge in [-0.05, 0) is 43.6 Å². The zero-order chi connectivity index (χ0) is 14.0. The summed E-state index contributed by atoms with van der Waals surface area (Å²) in [6, 6.07) is 4.28. The molecule has 20 heavy (non-hydrogen) atoms. The van der Waals surface area contributed by atoms with Gasteiger partial charge in [-0.25, -0.2) is 13.1 Å². The van der Waals surface area contributed by atoms with Crippen LogP contribution >= 0.6 is 23.1 Å². The molecule has 0 aromatic carbocycles. The molecule has 1 saturated heterocycles. The van der Waals surface area contributed by atoms with Crippen molar-refractivity contribution in [2.75, 3.05) is 12.3 Å². The molecule has 1 unspecified atom stereocenters. The number of rotatable bonds is 7. The summed E-state index contributed by atoms with van der Waals surface area (Å²) >= 11 is 3.24. The van der Waals surface area contributed by atoms with Crippen molar-refractivity contribution in [3.63, 3.8) is 0 Å². The number of sulfonamides is 1. The number of nitrogens with one attached hydrogen (secondary N) is 2. The minimum atomic E-state index is -3.32. The summed E-state index contributed by atoms with van der Waals surface area (Å²) in [7, 11) is -3.32. The zero-order valence-corrected chi connectivity index (χ0v) is 13.7. The average Bonchev–Trinajstić information content (AvgIpc) is 2.94. The molecular formula is C13H20N2O2S3. The summed E-state index contributed by atoms with van der Waals surface area (Å²) in [6.07, 6.45) is 4.81. The van der Waals surface area contributed by atoms with Crippen molar-refractivity contribution >= 4 is 33.1 Å². The van der Waals surface area contributed by atoms with Gasteiger partial charge in [-0.15, -0.1) is 11.3 Å². The first kappa shape index (κ1) is 14.8. The number of hydrogen-bond acceptors (Lipinski definition) is 5. The SMILES string of the molecule is O=S(=O)(NCC1CCCS1)c1ccc(CNC2CC2)s1. The molecule has 0 radical (unpaired) electrons. The van der Waals surface area contributed by atoms with E-state index in [2.05, 4.69) is 10.0 Å². The fourth-order valence-electron chi connectivity index (χ4n) is 2.21. The first-order valence-corrected chi connectivity index (χ1v) is 10.4. The molecular weight excluding hydrogens is 312 g/mol. The van der Waals surface area contributed by atoms with E-state index in [0.29, 0.717) is 22.0 Å². The van der Waals surface area contributed by atoms with Crippen molar-refractivity contribution < 1.29 is 8.42 Å². The van der Waals surface area contributed by atoms with Crippen LogP contribution in [0.25, 0.3) is 0 Å². The molecule has 2 heterocycles. The van der Waals surface area contributed by atoms with Crippen molar-refractivity contribution in [1.29, 1.82) is 0 Å². The van der Waals surface area contributed by atoms with E-state index in [-0.39, 0.29) is 0 Å². The Balaban J connectivity index is 1.55. The number of hydrogen-bond donors (Lipinski definition) is 2. The molecule has 1 aliphatic heterocycles. The molecule has 0 bridgehead atoms. The van der Waals surface area contributed by atoms with E-state index in [0.717, 1.165) is 23.6 Å². The summed E-state index contributed by atoms with van der Waals surface area (Å²) in [4.78, 5) is 1.09. The molecule has 0 spiro atoms. The maximum absolute atomic E-state index is 12.2. The van der Waals surface area contributed by atoms with Crippen LogP contribution in [0, 0.1) is 0 Å². The third-order valence-electron chi connectivity index (χ3n) is 3.57. The van der Waals surface area contributed by atoms with Crippen LogP contribution in [0.3, 0.4) is 0 Å². The summed E-state index contributed by atoms with van der Waals surface area (Å²) in [5.41, 5.74) is 0. The molecule has 1 aromatic rings. The lowest BCUT2D eigenvalue weighted by Crippen LogP contribution is -2.29. The monoisotopic (exact) mass is 332 g/mol. The standard InChI is InChI=1S/C13H20N2O2S3/c16-20(17,15-9-11-2-1-7-18-11)13-6-5-12(19-13)8-14-10-3-4-10/h5-6,10-11,14-15H,1-4,7-9H2. The van der Waals surface area contributed by atoms with Gasteiger partial charge in [0.15, 0.2) is 0 Å². The molecule has 1 saturated carbocycles. The van der Waals surface area contributed by atoms with Crippen LogP contribution in [-0.4, -0.2) is 32.0 Å². The quantitative estimate of drug-likeness (QED) is 0.803. The topological polar surface area (TPSA) is 58.2 Å². The fraction of sp³-hybridized carbons (Fsp3) is 0.692. The van der Waals surface area contributed by atoms with Crippen LogP contribution < -0.4 is 10.0 Å². The smallest absolute Gasteiger partial charge is 0.250 e. The molecule has 2 N–H and O–H groups in total. The van der Waals surface area contributed by atoms with Gasteiger partial charge in [0.2, 0.25) is 10.0 Å². The summed E-state index contributed by atoms with van der Waals surface area (Å²) in [6.45, 7) is 1.34. The van der Waals surface area contributed by atoms with Crippen molar-refractivity contribution in [1.82, 2.24) is 10.0 Å². The second-order valence-electron chi connectivity index (χ2n) is 5.36. The second-order valence-corrected chi connectivity index (χ2v) is 9.93. The molecule has 112 valence electrons. The number of thioether (sulfide) groups is 1. The van der Waals surface area contributed by atoms with Crippen molar-refractivity contribution in [2.45, 2.75) is 47.7 Å². The summed E-state index contributed by atoms with van der Waals surface area (Å²) in [5, 5.41) is 3.85.